The summed E-state index contributed by atoms with van der Waals surface area (Å²) in [6, 6.07) is 15.1. The average Bonchev–Trinajstić information content (AvgIpc) is 3.11. The van der Waals surface area contributed by atoms with Crippen LogP contribution >= 0.6 is 0 Å². The Kier molecular flexibility index (Phi) is 6.78. The fraction of sp³-hybridized carbons (Fsp3) is 0.375. The molecule has 2 aliphatic rings. The molecule has 1 fully saturated rings. The van der Waals surface area contributed by atoms with Crippen LogP contribution in [0.15, 0.2) is 64.5 Å². The predicted molar refractivity (Wildman–Crippen MR) is 126 cm³/mol. The Hall–Kier alpha value is -3.20. The maximum Gasteiger partial charge on any atom is 0.263 e. The molecular weight excluding hydrogens is 440 g/mol. The molecule has 8 nitrogen and oxygen atoms in total. The molecule has 0 aromatic heterocycles. The zero-order chi connectivity index (χ0) is 23.4. The van der Waals surface area contributed by atoms with Crippen molar-refractivity contribution >= 4 is 27.7 Å². The van der Waals surface area contributed by atoms with E-state index in [1.807, 2.05) is 25.1 Å². The van der Waals surface area contributed by atoms with Gasteiger partial charge in [-0.3, -0.25) is 19.3 Å². The number of hydrogen-bond donors (Lipinski definition) is 1. The molecule has 1 atom stereocenters. The molecule has 0 radical (unpaired) electrons. The van der Waals surface area contributed by atoms with Gasteiger partial charge in [-0.15, -0.1) is 0 Å². The number of hydrogen-bond acceptors (Lipinski definition) is 5. The number of unbranched alkanes of at least 4 members (excludes halogenated alkanes) is 1. The van der Waals surface area contributed by atoms with Gasteiger partial charge in [-0.1, -0.05) is 50.1 Å². The van der Waals surface area contributed by atoms with Crippen molar-refractivity contribution in [3.63, 3.8) is 0 Å². The highest BCUT2D eigenvalue weighted by Gasteiger charge is 2.33. The molecule has 1 saturated heterocycles. The lowest BCUT2D eigenvalue weighted by atomic mass is 10.1. The van der Waals surface area contributed by atoms with Crippen LogP contribution in [0.5, 0.6) is 0 Å². The Morgan fingerprint density at radius 2 is 1.61 bits per heavy atom. The molecule has 0 spiro atoms. The topological polar surface area (TPSA) is 99.1 Å². The number of carbonyl (C=O) groups is 2. The number of carbonyl (C=O) groups excluding carboxylic acids is 2. The van der Waals surface area contributed by atoms with Crippen LogP contribution in [-0.4, -0.2) is 68.1 Å². The minimum atomic E-state index is -3.66. The largest absolute Gasteiger partial charge is 0.337 e. The van der Waals surface area contributed by atoms with Crippen molar-refractivity contribution in [3.8, 4) is 0 Å². The number of piperazine rings is 1. The molecule has 2 heterocycles. The Bertz CT molecular complexity index is 1160. The van der Waals surface area contributed by atoms with E-state index in [9.17, 15) is 18.0 Å². The van der Waals surface area contributed by atoms with Crippen LogP contribution in [0.3, 0.4) is 0 Å². The Morgan fingerprint density at radius 3 is 2.30 bits per heavy atom. The third kappa shape index (κ3) is 4.93. The molecule has 2 aromatic carbocycles. The van der Waals surface area contributed by atoms with E-state index in [2.05, 4.69) is 9.71 Å². The highest BCUT2D eigenvalue weighted by molar-refractivity contribution is 7.90. The number of nitrogens with zero attached hydrogens (tertiary/aromatic N) is 3. The lowest BCUT2D eigenvalue weighted by molar-refractivity contribution is -0.134. The molecule has 2 aliphatic heterocycles. The molecule has 2 aromatic rings. The van der Waals surface area contributed by atoms with Crippen LogP contribution < -0.4 is 4.72 Å². The summed E-state index contributed by atoms with van der Waals surface area (Å²) in [5.74, 6) is 0.0479. The summed E-state index contributed by atoms with van der Waals surface area (Å²) in [4.78, 5) is 34.3. The average molecular weight is 469 g/mol. The summed E-state index contributed by atoms with van der Waals surface area (Å²) in [6.45, 7) is 3.79. The second-order valence-corrected chi connectivity index (χ2v) is 9.87. The number of nitrogens with one attached hydrogen (secondary N) is 1. The van der Waals surface area contributed by atoms with E-state index in [-0.39, 0.29) is 22.5 Å². The zero-order valence-electron chi connectivity index (χ0n) is 18.6. The first-order chi connectivity index (χ1) is 15.9. The van der Waals surface area contributed by atoms with Crippen molar-refractivity contribution < 1.29 is 18.0 Å². The number of fused-ring (bicyclic) bond motifs is 1. The Labute approximate surface area is 194 Å². The van der Waals surface area contributed by atoms with E-state index < -0.39 is 16.1 Å². The van der Waals surface area contributed by atoms with Gasteiger partial charge in [0.25, 0.3) is 15.9 Å². The zero-order valence-corrected chi connectivity index (χ0v) is 19.4. The predicted octanol–water partition coefficient (Wildman–Crippen LogP) is 2.27. The standard InChI is InChI=1S/C24H28N4O4S/c1-2-3-12-20(25-22-19-11-7-8-13-21(19)33(31,32)26-22)24(30)28-16-14-27(15-17-28)23(29)18-9-5-4-6-10-18/h4-11,13,20H,2-3,12,14-17H2,1H3,(H,25,26). The maximum atomic E-state index is 13.3. The number of aliphatic imine (C=N–C) groups is 1. The fourth-order valence-corrected chi connectivity index (χ4v) is 5.37. The fourth-order valence-electron chi connectivity index (χ4n) is 4.13. The van der Waals surface area contributed by atoms with Crippen LogP contribution in [0.2, 0.25) is 0 Å². The van der Waals surface area contributed by atoms with Gasteiger partial charge in [-0.2, -0.15) is 0 Å². The van der Waals surface area contributed by atoms with Crippen LogP contribution in [0.1, 0.15) is 42.1 Å². The van der Waals surface area contributed by atoms with Gasteiger partial charge < -0.3 is 9.80 Å². The smallest absolute Gasteiger partial charge is 0.263 e. The molecule has 9 heteroatoms. The third-order valence-corrected chi connectivity index (χ3v) is 7.36. The summed E-state index contributed by atoms with van der Waals surface area (Å²) < 4.78 is 27.3. The molecule has 33 heavy (non-hydrogen) atoms. The van der Waals surface area contributed by atoms with Gasteiger partial charge in [0.2, 0.25) is 5.91 Å². The number of amides is 2. The van der Waals surface area contributed by atoms with Crippen molar-refractivity contribution in [1.29, 1.82) is 0 Å². The van der Waals surface area contributed by atoms with Crippen LogP contribution in [-0.2, 0) is 14.8 Å². The quantitative estimate of drug-likeness (QED) is 0.703. The van der Waals surface area contributed by atoms with E-state index in [0.29, 0.717) is 43.7 Å². The monoisotopic (exact) mass is 468 g/mol. The van der Waals surface area contributed by atoms with Gasteiger partial charge in [0.05, 0.1) is 4.90 Å². The molecule has 1 unspecified atom stereocenters. The van der Waals surface area contributed by atoms with Gasteiger partial charge in [0.15, 0.2) is 0 Å². The summed E-state index contributed by atoms with van der Waals surface area (Å²) >= 11 is 0. The highest BCUT2D eigenvalue weighted by Crippen LogP contribution is 2.23. The van der Waals surface area contributed by atoms with E-state index >= 15 is 0 Å². The van der Waals surface area contributed by atoms with Crippen LogP contribution in [0.4, 0.5) is 0 Å². The minimum Gasteiger partial charge on any atom is -0.337 e. The summed E-state index contributed by atoms with van der Waals surface area (Å²) in [7, 11) is -3.66. The van der Waals surface area contributed by atoms with E-state index in [0.717, 1.165) is 12.8 Å². The Balaban J connectivity index is 1.48. The van der Waals surface area contributed by atoms with Crippen molar-refractivity contribution in [2.45, 2.75) is 37.1 Å². The first-order valence-corrected chi connectivity index (χ1v) is 12.7. The lowest BCUT2D eigenvalue weighted by Gasteiger charge is -2.36. The molecule has 1 N–H and O–H groups in total. The van der Waals surface area contributed by atoms with Gasteiger partial charge in [-0.05, 0) is 30.7 Å². The van der Waals surface area contributed by atoms with Gasteiger partial charge in [-0.25, -0.2) is 8.42 Å². The van der Waals surface area contributed by atoms with Gasteiger partial charge in [0.1, 0.15) is 11.9 Å². The molecule has 0 aliphatic carbocycles. The molecule has 174 valence electrons. The van der Waals surface area contributed by atoms with Crippen LogP contribution in [0, 0.1) is 0 Å². The van der Waals surface area contributed by atoms with Gasteiger partial charge in [0, 0.05) is 37.3 Å². The normalized spacial score (nSPS) is 19.1. The molecule has 0 bridgehead atoms. The lowest BCUT2D eigenvalue weighted by Crippen LogP contribution is -2.52. The highest BCUT2D eigenvalue weighted by atomic mass is 32.2. The van der Waals surface area contributed by atoms with E-state index in [4.69, 9.17) is 0 Å². The third-order valence-electron chi connectivity index (χ3n) is 5.96. The summed E-state index contributed by atoms with van der Waals surface area (Å²) in [5.41, 5.74) is 1.13. The van der Waals surface area contributed by atoms with Crippen molar-refractivity contribution in [3.05, 3.63) is 65.7 Å². The minimum absolute atomic E-state index is 0.0394. The number of rotatable bonds is 6. The van der Waals surface area contributed by atoms with Gasteiger partial charge >= 0.3 is 0 Å². The number of amidine groups is 1. The molecule has 0 saturated carbocycles. The first kappa shape index (κ1) is 23.0. The maximum absolute atomic E-state index is 13.3. The molecular formula is C24H28N4O4S. The summed E-state index contributed by atoms with van der Waals surface area (Å²) in [6.07, 6.45) is 2.23. The molecule has 4 rings (SSSR count). The van der Waals surface area contributed by atoms with Crippen molar-refractivity contribution in [1.82, 2.24) is 14.5 Å². The SMILES string of the molecule is CCCCC(N=C1NS(=O)(=O)c2ccccc21)C(=O)N1CCN(C(=O)c2ccccc2)CC1. The van der Waals surface area contributed by atoms with E-state index in [1.165, 1.54) is 6.07 Å². The Morgan fingerprint density at radius 1 is 0.970 bits per heavy atom. The number of sulfonamides is 1. The second-order valence-electron chi connectivity index (χ2n) is 8.22. The number of benzene rings is 2. The van der Waals surface area contributed by atoms with Crippen LogP contribution in [0.25, 0.3) is 0 Å². The second kappa shape index (κ2) is 9.74. The van der Waals surface area contributed by atoms with Crippen molar-refractivity contribution in [2.75, 3.05) is 26.2 Å². The summed E-state index contributed by atoms with van der Waals surface area (Å²) in [5, 5.41) is 0. The first-order valence-electron chi connectivity index (χ1n) is 11.2. The molecule has 2 amide bonds. The van der Waals surface area contributed by atoms with E-state index in [1.54, 1.807) is 40.1 Å². The van der Waals surface area contributed by atoms with Crippen molar-refractivity contribution in [2.24, 2.45) is 4.99 Å².